The smallest absolute Gasteiger partial charge is 0.203 e. The molecular weight excluding hydrogens is 182 g/mol. The second-order valence-corrected chi connectivity index (χ2v) is 4.02. The first kappa shape index (κ1) is 8.52. The highest BCUT2D eigenvalue weighted by atomic mass is 32.1. The third kappa shape index (κ3) is 1.99. The molecule has 13 heavy (non-hydrogen) atoms. The number of aromatic nitrogens is 2. The van der Waals surface area contributed by atoms with Gasteiger partial charge in [0.2, 0.25) is 5.13 Å². The van der Waals surface area contributed by atoms with Gasteiger partial charge in [-0.3, -0.25) is 0 Å². The maximum absolute atomic E-state index is 5.24. The van der Waals surface area contributed by atoms with Gasteiger partial charge < -0.3 is 5.32 Å². The van der Waals surface area contributed by atoms with Crippen LogP contribution >= 0.6 is 11.5 Å². The minimum atomic E-state index is 0.0278. The molecule has 1 aromatic heterocycles. The molecule has 0 radical (unpaired) electrons. The van der Waals surface area contributed by atoms with Gasteiger partial charge in [-0.15, -0.1) is 6.42 Å². The average molecular weight is 193 g/mol. The first-order valence-corrected chi connectivity index (χ1v) is 5.13. The van der Waals surface area contributed by atoms with Crippen molar-refractivity contribution in [3.05, 3.63) is 5.82 Å². The number of terminal acetylenes is 1. The molecule has 0 aromatic carbocycles. The second-order valence-electron chi connectivity index (χ2n) is 3.26. The summed E-state index contributed by atoms with van der Waals surface area (Å²) >= 11 is 1.39. The van der Waals surface area contributed by atoms with Crippen molar-refractivity contribution in [2.24, 2.45) is 0 Å². The van der Waals surface area contributed by atoms with Gasteiger partial charge in [-0.2, -0.15) is 4.37 Å². The molecule has 0 saturated heterocycles. The highest BCUT2D eigenvalue weighted by molar-refractivity contribution is 7.09. The molecule has 1 fully saturated rings. The molecule has 1 aliphatic rings. The zero-order valence-corrected chi connectivity index (χ0v) is 8.27. The molecule has 1 aliphatic carbocycles. The second kappa shape index (κ2) is 3.35. The van der Waals surface area contributed by atoms with E-state index in [-0.39, 0.29) is 6.04 Å². The summed E-state index contributed by atoms with van der Waals surface area (Å²) in [5.41, 5.74) is 0. The fourth-order valence-electron chi connectivity index (χ4n) is 1.03. The van der Waals surface area contributed by atoms with Gasteiger partial charge in [0.1, 0.15) is 5.82 Å². The van der Waals surface area contributed by atoms with E-state index in [2.05, 4.69) is 20.6 Å². The van der Waals surface area contributed by atoms with Gasteiger partial charge in [-0.05, 0) is 19.8 Å². The fourth-order valence-corrected chi connectivity index (χ4v) is 1.76. The Morgan fingerprint density at radius 3 is 3.08 bits per heavy atom. The molecule has 1 aromatic rings. The first-order chi connectivity index (χ1) is 6.29. The normalized spacial score (nSPS) is 17.8. The summed E-state index contributed by atoms with van der Waals surface area (Å²) in [6, 6.07) is 0.0278. The van der Waals surface area contributed by atoms with E-state index in [4.69, 9.17) is 6.42 Å². The van der Waals surface area contributed by atoms with Crippen molar-refractivity contribution in [3.8, 4) is 12.3 Å². The number of hydrogen-bond donors (Lipinski definition) is 1. The van der Waals surface area contributed by atoms with Crippen molar-refractivity contribution in [1.82, 2.24) is 9.36 Å². The molecule has 4 heteroatoms. The molecule has 68 valence electrons. The SMILES string of the molecule is C#CC(C)Nc1nc(C2CC2)ns1. The number of nitrogens with one attached hydrogen (secondary N) is 1. The van der Waals surface area contributed by atoms with Crippen molar-refractivity contribution < 1.29 is 0 Å². The predicted molar refractivity (Wildman–Crippen MR) is 53.8 cm³/mol. The average Bonchev–Trinajstić information content (AvgIpc) is 2.88. The highest BCUT2D eigenvalue weighted by Crippen LogP contribution is 2.39. The van der Waals surface area contributed by atoms with Crippen molar-refractivity contribution in [1.29, 1.82) is 0 Å². The molecule has 0 aliphatic heterocycles. The van der Waals surface area contributed by atoms with Gasteiger partial charge in [0.25, 0.3) is 0 Å². The van der Waals surface area contributed by atoms with Gasteiger partial charge in [0.05, 0.1) is 6.04 Å². The molecule has 1 unspecified atom stereocenters. The van der Waals surface area contributed by atoms with Crippen LogP contribution in [0.15, 0.2) is 0 Å². The van der Waals surface area contributed by atoms with Crippen molar-refractivity contribution in [3.63, 3.8) is 0 Å². The van der Waals surface area contributed by atoms with Crippen LogP contribution in [0, 0.1) is 12.3 Å². The Kier molecular flexibility index (Phi) is 2.19. The molecule has 1 atom stereocenters. The minimum absolute atomic E-state index is 0.0278. The third-order valence-corrected chi connectivity index (χ3v) is 2.63. The van der Waals surface area contributed by atoms with Crippen LogP contribution < -0.4 is 5.32 Å². The fraction of sp³-hybridized carbons (Fsp3) is 0.556. The molecule has 1 N–H and O–H groups in total. The number of hydrogen-bond acceptors (Lipinski definition) is 4. The van der Waals surface area contributed by atoms with E-state index in [1.54, 1.807) is 0 Å². The summed E-state index contributed by atoms with van der Waals surface area (Å²) < 4.78 is 4.27. The largest absolute Gasteiger partial charge is 0.347 e. The summed E-state index contributed by atoms with van der Waals surface area (Å²) in [5, 5.41) is 3.94. The first-order valence-electron chi connectivity index (χ1n) is 4.36. The Morgan fingerprint density at radius 2 is 2.46 bits per heavy atom. The molecule has 1 saturated carbocycles. The van der Waals surface area contributed by atoms with E-state index in [1.165, 1.54) is 24.4 Å². The quantitative estimate of drug-likeness (QED) is 0.744. The van der Waals surface area contributed by atoms with Crippen LogP contribution in [-0.2, 0) is 0 Å². The van der Waals surface area contributed by atoms with E-state index in [0.717, 1.165) is 11.0 Å². The maximum atomic E-state index is 5.24. The topological polar surface area (TPSA) is 37.8 Å². The Morgan fingerprint density at radius 1 is 1.69 bits per heavy atom. The molecule has 2 rings (SSSR count). The molecule has 1 heterocycles. The molecular formula is C9H11N3S. The monoisotopic (exact) mass is 193 g/mol. The van der Waals surface area contributed by atoms with E-state index < -0.39 is 0 Å². The van der Waals surface area contributed by atoms with Gasteiger partial charge in [0, 0.05) is 17.5 Å². The van der Waals surface area contributed by atoms with E-state index in [1.807, 2.05) is 6.92 Å². The molecule has 0 amide bonds. The van der Waals surface area contributed by atoms with E-state index in [9.17, 15) is 0 Å². The summed E-state index contributed by atoms with van der Waals surface area (Å²) in [4.78, 5) is 4.36. The Hall–Kier alpha value is -1.08. The van der Waals surface area contributed by atoms with Crippen LogP contribution in [-0.4, -0.2) is 15.4 Å². The van der Waals surface area contributed by atoms with Crippen LogP contribution in [0.1, 0.15) is 31.5 Å². The van der Waals surface area contributed by atoms with Crippen molar-refractivity contribution in [2.45, 2.75) is 31.7 Å². The van der Waals surface area contributed by atoms with Crippen LogP contribution in [0.4, 0.5) is 5.13 Å². The number of nitrogens with zero attached hydrogens (tertiary/aromatic N) is 2. The van der Waals surface area contributed by atoms with Crippen molar-refractivity contribution in [2.75, 3.05) is 5.32 Å². The lowest BCUT2D eigenvalue weighted by atomic mass is 10.4. The zero-order valence-electron chi connectivity index (χ0n) is 7.45. The van der Waals surface area contributed by atoms with E-state index >= 15 is 0 Å². The van der Waals surface area contributed by atoms with Crippen LogP contribution in [0.25, 0.3) is 0 Å². The number of rotatable bonds is 3. The Balaban J connectivity index is 2.01. The van der Waals surface area contributed by atoms with Gasteiger partial charge in [-0.1, -0.05) is 5.92 Å². The van der Waals surface area contributed by atoms with Crippen LogP contribution in [0.2, 0.25) is 0 Å². The lowest BCUT2D eigenvalue weighted by molar-refractivity contribution is 0.967. The molecule has 3 nitrogen and oxygen atoms in total. The van der Waals surface area contributed by atoms with Crippen LogP contribution in [0.3, 0.4) is 0 Å². The van der Waals surface area contributed by atoms with E-state index in [0.29, 0.717) is 5.92 Å². The highest BCUT2D eigenvalue weighted by Gasteiger charge is 2.27. The summed E-state index contributed by atoms with van der Waals surface area (Å²) in [7, 11) is 0. The van der Waals surface area contributed by atoms with Gasteiger partial charge >= 0.3 is 0 Å². The molecule has 0 spiro atoms. The van der Waals surface area contributed by atoms with Crippen molar-refractivity contribution >= 4 is 16.7 Å². The summed E-state index contributed by atoms with van der Waals surface area (Å²) in [6.07, 6.45) is 7.72. The Labute approximate surface area is 81.8 Å². The predicted octanol–water partition coefficient (Wildman–Crippen LogP) is 1.85. The van der Waals surface area contributed by atoms with Gasteiger partial charge in [-0.25, -0.2) is 4.98 Å². The maximum Gasteiger partial charge on any atom is 0.203 e. The summed E-state index contributed by atoms with van der Waals surface area (Å²) in [5.74, 6) is 4.20. The standard InChI is InChI=1S/C9H11N3S/c1-3-6(2)10-9-11-8(12-13-9)7-4-5-7/h1,6-7H,4-5H2,2H3,(H,10,11,12). The Bertz CT molecular complexity index is 335. The molecule has 0 bridgehead atoms. The minimum Gasteiger partial charge on any atom is -0.347 e. The van der Waals surface area contributed by atoms with Gasteiger partial charge in [0.15, 0.2) is 0 Å². The van der Waals surface area contributed by atoms with Crippen LogP contribution in [0.5, 0.6) is 0 Å². The summed E-state index contributed by atoms with van der Waals surface area (Å²) in [6.45, 7) is 1.93. The lowest BCUT2D eigenvalue weighted by Gasteiger charge is -2.02. The number of anilines is 1. The zero-order chi connectivity index (χ0) is 9.26. The lowest BCUT2D eigenvalue weighted by Crippen LogP contribution is -2.11. The third-order valence-electron chi connectivity index (χ3n) is 1.97.